The van der Waals surface area contributed by atoms with E-state index >= 15 is 0 Å². The number of nitrogens with one attached hydrogen (secondary N) is 1. The molecule has 0 spiro atoms. The van der Waals surface area contributed by atoms with Crippen molar-refractivity contribution in [2.45, 2.75) is 19.5 Å². The highest BCUT2D eigenvalue weighted by Gasteiger charge is 2.23. The van der Waals surface area contributed by atoms with E-state index in [1.165, 1.54) is 24.7 Å². The minimum absolute atomic E-state index is 0.0703. The number of rotatable bonds is 14. The number of fused-ring (bicyclic) bond motifs is 1. The van der Waals surface area contributed by atoms with E-state index < -0.39 is 10.0 Å². The molecule has 14 heteroatoms. The van der Waals surface area contributed by atoms with Gasteiger partial charge in [0, 0.05) is 43.5 Å². The number of carbonyl (C=O) groups excluding carboxylic acids is 1. The van der Waals surface area contributed by atoms with Crippen LogP contribution in [0.3, 0.4) is 0 Å². The highest BCUT2D eigenvalue weighted by molar-refractivity contribution is 7.88. The van der Waals surface area contributed by atoms with Gasteiger partial charge >= 0.3 is 0 Å². The summed E-state index contributed by atoms with van der Waals surface area (Å²) in [7, 11) is 4.91. The minimum atomic E-state index is -3.62. The molecule has 2 heterocycles. The van der Waals surface area contributed by atoms with Crippen LogP contribution in [0.4, 0.5) is 0 Å². The molecule has 0 atom stereocenters. The molecular weight excluding hydrogens is 608 g/mol. The Labute approximate surface area is 262 Å². The first-order valence-electron chi connectivity index (χ1n) is 13.8. The van der Waals surface area contributed by atoms with E-state index in [9.17, 15) is 13.2 Å². The number of nitrogens with zero attached hydrogens (tertiary/aromatic N) is 5. The minimum Gasteiger partial charge on any atom is -0.497 e. The Morgan fingerprint density at radius 2 is 1.75 bits per heavy atom. The Morgan fingerprint density at radius 3 is 2.41 bits per heavy atom. The van der Waals surface area contributed by atoms with Crippen molar-refractivity contribution in [1.29, 1.82) is 0 Å². The number of ether oxygens (including phenoxy) is 3. The molecule has 0 bridgehead atoms. The average Bonchev–Trinajstić information content (AvgIpc) is 3.36. The monoisotopic (exact) mass is 644 g/mol. The van der Waals surface area contributed by atoms with E-state index in [4.69, 9.17) is 25.8 Å². The van der Waals surface area contributed by atoms with E-state index in [2.05, 4.69) is 15.4 Å². The second-order valence-electron chi connectivity index (χ2n) is 10.4. The molecule has 4 aromatic rings. The molecule has 0 fully saturated rings. The predicted octanol–water partition coefficient (Wildman–Crippen LogP) is 3.74. The van der Waals surface area contributed by atoms with E-state index in [-0.39, 0.29) is 29.8 Å². The van der Waals surface area contributed by atoms with Crippen LogP contribution in [0.2, 0.25) is 5.15 Å². The van der Waals surface area contributed by atoms with Crippen molar-refractivity contribution in [2.24, 2.45) is 0 Å². The van der Waals surface area contributed by atoms with Crippen LogP contribution in [-0.4, -0.2) is 93.1 Å². The Kier molecular flexibility index (Phi) is 10.7. The van der Waals surface area contributed by atoms with Crippen LogP contribution >= 0.6 is 11.6 Å². The molecule has 0 saturated heterocycles. The Bertz CT molecular complexity index is 1740. The van der Waals surface area contributed by atoms with Crippen molar-refractivity contribution in [3.05, 3.63) is 70.6 Å². The van der Waals surface area contributed by atoms with Gasteiger partial charge in [0.05, 0.1) is 38.5 Å². The maximum absolute atomic E-state index is 13.1. The fraction of sp³-hybridized carbons (Fsp3) is 0.367. The van der Waals surface area contributed by atoms with Crippen molar-refractivity contribution in [3.63, 3.8) is 0 Å². The summed E-state index contributed by atoms with van der Waals surface area (Å²) in [6.45, 7) is 1.48. The third-order valence-corrected chi connectivity index (χ3v) is 8.36. The van der Waals surface area contributed by atoms with Crippen molar-refractivity contribution in [3.8, 4) is 22.9 Å². The number of halogens is 1. The number of amides is 1. The fourth-order valence-electron chi connectivity index (χ4n) is 4.68. The van der Waals surface area contributed by atoms with Gasteiger partial charge in [-0.3, -0.25) is 4.79 Å². The molecule has 1 amide bonds. The van der Waals surface area contributed by atoms with Gasteiger partial charge in [0.1, 0.15) is 28.1 Å². The van der Waals surface area contributed by atoms with E-state index in [0.717, 1.165) is 19.2 Å². The SMILES string of the molecule is COc1ccc(CN(Cc2ccc(-n3nc(C(=O)NCCCN(C)C)c4cnc(Cl)cc43)c(OC)c2)S(C)(=O)=O)c(OC)c1. The van der Waals surface area contributed by atoms with Crippen LogP contribution in [0.15, 0.2) is 48.7 Å². The molecule has 0 unspecified atom stereocenters. The first-order valence-corrected chi connectivity index (χ1v) is 16.0. The van der Waals surface area contributed by atoms with Crippen molar-refractivity contribution in [2.75, 3.05) is 54.8 Å². The summed E-state index contributed by atoms with van der Waals surface area (Å²) in [5, 5.41) is 8.32. The fourth-order valence-corrected chi connectivity index (χ4v) is 5.59. The lowest BCUT2D eigenvalue weighted by molar-refractivity contribution is 0.0948. The van der Waals surface area contributed by atoms with Crippen LogP contribution < -0.4 is 19.5 Å². The normalized spacial score (nSPS) is 11.8. The second-order valence-corrected chi connectivity index (χ2v) is 12.8. The molecule has 0 aliphatic heterocycles. The topological polar surface area (TPSA) is 128 Å². The zero-order valence-electron chi connectivity index (χ0n) is 25.6. The average molecular weight is 645 g/mol. The molecule has 236 valence electrons. The summed E-state index contributed by atoms with van der Waals surface area (Å²) in [6, 6.07) is 12.2. The smallest absolute Gasteiger partial charge is 0.272 e. The van der Waals surface area contributed by atoms with Crippen molar-refractivity contribution in [1.82, 2.24) is 29.3 Å². The lowest BCUT2D eigenvalue weighted by Crippen LogP contribution is -2.29. The number of pyridine rings is 1. The highest BCUT2D eigenvalue weighted by atomic mass is 35.5. The first kappa shape index (κ1) is 33.0. The third-order valence-electron chi connectivity index (χ3n) is 6.96. The summed E-state index contributed by atoms with van der Waals surface area (Å²) in [5.41, 5.74) is 2.68. The molecule has 12 nitrogen and oxygen atoms in total. The first-order chi connectivity index (χ1) is 20.9. The number of sulfonamides is 1. The molecule has 44 heavy (non-hydrogen) atoms. The largest absolute Gasteiger partial charge is 0.497 e. The number of methoxy groups -OCH3 is 3. The molecule has 1 N–H and O–H groups in total. The zero-order chi connectivity index (χ0) is 32.0. The number of hydrogen-bond acceptors (Lipinski definition) is 9. The van der Waals surface area contributed by atoms with Gasteiger partial charge < -0.3 is 24.4 Å². The van der Waals surface area contributed by atoms with E-state index in [0.29, 0.717) is 51.5 Å². The van der Waals surface area contributed by atoms with E-state index in [1.54, 1.807) is 54.3 Å². The molecular formula is C30H37ClN6O6S. The zero-order valence-corrected chi connectivity index (χ0v) is 27.2. The molecule has 0 aliphatic rings. The van der Waals surface area contributed by atoms with Gasteiger partial charge in [-0.1, -0.05) is 23.7 Å². The predicted molar refractivity (Wildman–Crippen MR) is 170 cm³/mol. The summed E-state index contributed by atoms with van der Waals surface area (Å²) in [4.78, 5) is 19.3. The number of carbonyl (C=O) groups is 1. The molecule has 0 radical (unpaired) electrons. The Balaban J connectivity index is 1.66. The van der Waals surface area contributed by atoms with Gasteiger partial charge in [-0.2, -0.15) is 9.40 Å². The van der Waals surface area contributed by atoms with Crippen molar-refractivity contribution >= 4 is 38.4 Å². The molecule has 0 aliphatic carbocycles. The quantitative estimate of drug-likeness (QED) is 0.161. The number of hydrogen-bond donors (Lipinski definition) is 1. The Hall–Kier alpha value is -3.91. The van der Waals surface area contributed by atoms with Gasteiger partial charge in [-0.15, -0.1) is 0 Å². The maximum Gasteiger partial charge on any atom is 0.272 e. The van der Waals surface area contributed by atoms with Crippen LogP contribution in [0.1, 0.15) is 28.0 Å². The third kappa shape index (κ3) is 7.78. The molecule has 0 saturated carbocycles. The molecule has 2 aromatic carbocycles. The molecule has 2 aromatic heterocycles. The Morgan fingerprint density at radius 1 is 1.00 bits per heavy atom. The van der Waals surface area contributed by atoms with Crippen LogP contribution in [0.5, 0.6) is 17.2 Å². The van der Waals surface area contributed by atoms with Crippen LogP contribution in [-0.2, 0) is 23.1 Å². The van der Waals surface area contributed by atoms with E-state index in [1.807, 2.05) is 19.0 Å². The van der Waals surface area contributed by atoms with Gasteiger partial charge in [0.25, 0.3) is 5.91 Å². The maximum atomic E-state index is 13.1. The van der Waals surface area contributed by atoms with Crippen LogP contribution in [0, 0.1) is 0 Å². The summed E-state index contributed by atoms with van der Waals surface area (Å²) in [6.07, 6.45) is 3.47. The summed E-state index contributed by atoms with van der Waals surface area (Å²) in [5.74, 6) is 1.21. The highest BCUT2D eigenvalue weighted by Crippen LogP contribution is 2.31. The van der Waals surface area contributed by atoms with Gasteiger partial charge in [0.2, 0.25) is 10.0 Å². The summed E-state index contributed by atoms with van der Waals surface area (Å²) >= 11 is 6.24. The number of benzene rings is 2. The van der Waals surface area contributed by atoms with Gasteiger partial charge in [-0.25, -0.2) is 18.1 Å². The van der Waals surface area contributed by atoms with Gasteiger partial charge in [-0.05, 0) is 50.8 Å². The second kappa shape index (κ2) is 14.2. The lowest BCUT2D eigenvalue weighted by Gasteiger charge is -2.22. The molecule has 4 rings (SSSR count). The van der Waals surface area contributed by atoms with Gasteiger partial charge in [0.15, 0.2) is 5.69 Å². The van der Waals surface area contributed by atoms with Crippen molar-refractivity contribution < 1.29 is 27.4 Å². The standard InChI is InChI=1S/C30H37ClN6O6S/c1-35(2)13-7-12-32-30(38)29-23-17-33-28(31)16-25(23)37(34-29)24-11-8-20(14-27(24)43-5)18-36(44(6,39)40)19-21-9-10-22(41-3)15-26(21)42-4/h8-11,14-17H,7,12-13,18-19H2,1-6H3,(H,32,38). The van der Waals surface area contributed by atoms with Crippen LogP contribution in [0.25, 0.3) is 16.6 Å². The lowest BCUT2D eigenvalue weighted by atomic mass is 10.1. The number of aromatic nitrogens is 3. The summed E-state index contributed by atoms with van der Waals surface area (Å²) < 4.78 is 45.1.